The molecule has 4 rings (SSSR count). The summed E-state index contributed by atoms with van der Waals surface area (Å²) in [5.41, 5.74) is 3.67. The Hall–Kier alpha value is -2.08. The van der Waals surface area contributed by atoms with Crippen LogP contribution in [0.3, 0.4) is 0 Å². The van der Waals surface area contributed by atoms with Crippen LogP contribution in [-0.2, 0) is 0 Å². The summed E-state index contributed by atoms with van der Waals surface area (Å²) in [5, 5.41) is 23.1. The van der Waals surface area contributed by atoms with Gasteiger partial charge in [0.15, 0.2) is 0 Å². The van der Waals surface area contributed by atoms with Gasteiger partial charge in [-0.1, -0.05) is 0 Å². The fourth-order valence-corrected chi connectivity index (χ4v) is 2.96. The topological polar surface area (TPSA) is 86.4 Å². The molecular formula is C14H18N3O3+. The molecular weight excluding hydrogens is 258 g/mol. The molecule has 6 heteroatoms. The van der Waals surface area contributed by atoms with Crippen LogP contribution in [0.15, 0.2) is 23.3 Å². The Labute approximate surface area is 116 Å². The molecule has 0 atom stereocenters. The Bertz CT molecular complexity index is 563. The molecule has 0 aromatic heterocycles. The third-order valence-corrected chi connectivity index (χ3v) is 4.12. The van der Waals surface area contributed by atoms with E-state index in [1.807, 2.05) is 0 Å². The standard InChI is InChI=1S/C14H17N3O3/c18-10-1-2-11(13(19)7-10)14(20)16-15-12-8-17-5-3-9(12)4-6-17/h1-2,7,9,18-19H,3-6,8H2,(H,16,20)/p+1/b15-12-. The van der Waals surface area contributed by atoms with Crippen molar-refractivity contribution in [3.8, 4) is 11.5 Å². The van der Waals surface area contributed by atoms with Gasteiger partial charge in [-0.3, -0.25) is 4.79 Å². The molecule has 0 unspecified atom stereocenters. The molecule has 0 saturated carbocycles. The van der Waals surface area contributed by atoms with Crippen molar-refractivity contribution in [1.29, 1.82) is 0 Å². The number of hydrazone groups is 1. The summed E-state index contributed by atoms with van der Waals surface area (Å²) in [6.45, 7) is 3.28. The van der Waals surface area contributed by atoms with E-state index in [1.54, 1.807) is 0 Å². The highest BCUT2D eigenvalue weighted by atomic mass is 16.3. The molecule has 106 valence electrons. The van der Waals surface area contributed by atoms with E-state index < -0.39 is 5.91 Å². The van der Waals surface area contributed by atoms with E-state index >= 15 is 0 Å². The molecule has 0 radical (unpaired) electrons. The number of hydrogen-bond acceptors (Lipinski definition) is 4. The molecule has 4 N–H and O–H groups in total. The van der Waals surface area contributed by atoms with Gasteiger partial charge < -0.3 is 15.1 Å². The highest BCUT2D eigenvalue weighted by molar-refractivity contribution is 5.98. The molecule has 1 aromatic carbocycles. The maximum atomic E-state index is 12.0. The number of carbonyl (C=O) groups excluding carboxylic acids is 1. The summed E-state index contributed by atoms with van der Waals surface area (Å²) in [4.78, 5) is 13.5. The van der Waals surface area contributed by atoms with Crippen molar-refractivity contribution >= 4 is 11.6 Å². The second-order valence-electron chi connectivity index (χ2n) is 5.45. The van der Waals surface area contributed by atoms with Gasteiger partial charge in [-0.15, -0.1) is 0 Å². The van der Waals surface area contributed by atoms with Crippen LogP contribution in [0.5, 0.6) is 11.5 Å². The zero-order valence-corrected chi connectivity index (χ0v) is 11.1. The van der Waals surface area contributed by atoms with Crippen molar-refractivity contribution in [3.63, 3.8) is 0 Å². The molecule has 1 amide bonds. The number of aromatic hydroxyl groups is 2. The molecule has 6 nitrogen and oxygen atoms in total. The predicted octanol–water partition coefficient (Wildman–Crippen LogP) is -0.508. The van der Waals surface area contributed by atoms with Gasteiger partial charge in [0.05, 0.1) is 24.4 Å². The summed E-state index contributed by atoms with van der Waals surface area (Å²) in [5.74, 6) is -0.295. The Morgan fingerprint density at radius 2 is 2.05 bits per heavy atom. The third-order valence-electron chi connectivity index (χ3n) is 4.12. The number of rotatable bonds is 2. The first-order chi connectivity index (χ1) is 9.63. The van der Waals surface area contributed by atoms with E-state index in [0.717, 1.165) is 31.2 Å². The molecule has 3 aliphatic heterocycles. The number of benzene rings is 1. The number of phenols is 2. The summed E-state index contributed by atoms with van der Waals surface area (Å²) >= 11 is 0. The van der Waals surface area contributed by atoms with Crippen LogP contribution in [0, 0.1) is 5.92 Å². The SMILES string of the molecule is O=C(N/N=C1/C[NH+]2CCC1CC2)c1ccc(O)cc1O. The number of nitrogens with one attached hydrogen (secondary N) is 2. The summed E-state index contributed by atoms with van der Waals surface area (Å²) in [6.07, 6.45) is 2.27. The monoisotopic (exact) mass is 276 g/mol. The zero-order chi connectivity index (χ0) is 14.1. The molecule has 0 spiro atoms. The number of phenolic OH excluding ortho intramolecular Hbond substituents is 2. The van der Waals surface area contributed by atoms with Crippen molar-refractivity contribution < 1.29 is 19.9 Å². The smallest absolute Gasteiger partial charge is 0.275 e. The van der Waals surface area contributed by atoms with Gasteiger partial charge in [0, 0.05) is 24.8 Å². The number of hydrogen-bond donors (Lipinski definition) is 4. The predicted molar refractivity (Wildman–Crippen MR) is 73.0 cm³/mol. The van der Waals surface area contributed by atoms with E-state index in [4.69, 9.17) is 0 Å². The number of nitrogens with zero attached hydrogens (tertiary/aromatic N) is 1. The number of fused-ring (bicyclic) bond motifs is 3. The maximum Gasteiger partial charge on any atom is 0.275 e. The van der Waals surface area contributed by atoms with Crippen LogP contribution in [-0.4, -0.2) is 41.5 Å². The van der Waals surface area contributed by atoms with Crippen molar-refractivity contribution in [1.82, 2.24) is 5.43 Å². The molecule has 3 aliphatic rings. The Morgan fingerprint density at radius 1 is 1.30 bits per heavy atom. The van der Waals surface area contributed by atoms with E-state index in [-0.39, 0.29) is 17.1 Å². The minimum atomic E-state index is -0.457. The van der Waals surface area contributed by atoms with Crippen molar-refractivity contribution in [2.45, 2.75) is 12.8 Å². The fraction of sp³-hybridized carbons (Fsp3) is 0.429. The van der Waals surface area contributed by atoms with Crippen LogP contribution in [0.25, 0.3) is 0 Å². The van der Waals surface area contributed by atoms with Crippen LogP contribution in [0.1, 0.15) is 23.2 Å². The minimum Gasteiger partial charge on any atom is -0.508 e. The van der Waals surface area contributed by atoms with Gasteiger partial charge in [0.1, 0.15) is 18.0 Å². The van der Waals surface area contributed by atoms with E-state index in [9.17, 15) is 15.0 Å². The maximum absolute atomic E-state index is 12.0. The van der Waals surface area contributed by atoms with Crippen LogP contribution in [0.2, 0.25) is 0 Å². The van der Waals surface area contributed by atoms with Gasteiger partial charge >= 0.3 is 0 Å². The fourth-order valence-electron chi connectivity index (χ4n) is 2.96. The molecule has 3 fully saturated rings. The lowest BCUT2D eigenvalue weighted by atomic mass is 9.87. The number of carbonyl (C=O) groups is 1. The first kappa shape index (κ1) is 12.9. The highest BCUT2D eigenvalue weighted by Crippen LogP contribution is 2.22. The molecule has 2 bridgehead atoms. The molecule has 0 aliphatic carbocycles. The van der Waals surface area contributed by atoms with Crippen LogP contribution < -0.4 is 10.3 Å². The van der Waals surface area contributed by atoms with E-state index in [0.29, 0.717) is 5.92 Å². The molecule has 3 heterocycles. The van der Waals surface area contributed by atoms with Gasteiger partial charge in [0.2, 0.25) is 0 Å². The Balaban J connectivity index is 1.70. The summed E-state index contributed by atoms with van der Waals surface area (Å²) in [7, 11) is 0. The number of piperidine rings is 3. The Morgan fingerprint density at radius 3 is 2.65 bits per heavy atom. The van der Waals surface area contributed by atoms with Crippen molar-refractivity contribution in [2.75, 3.05) is 19.6 Å². The molecule has 1 aromatic rings. The van der Waals surface area contributed by atoms with Gasteiger partial charge in [0.25, 0.3) is 5.91 Å². The normalized spacial score (nSPS) is 26.7. The lowest BCUT2D eigenvalue weighted by Crippen LogP contribution is -3.16. The lowest BCUT2D eigenvalue weighted by Gasteiger charge is -2.36. The highest BCUT2D eigenvalue weighted by Gasteiger charge is 2.34. The zero-order valence-electron chi connectivity index (χ0n) is 11.1. The Kier molecular flexibility index (Phi) is 3.31. The van der Waals surface area contributed by atoms with E-state index in [2.05, 4.69) is 10.5 Å². The first-order valence-electron chi connectivity index (χ1n) is 6.86. The van der Waals surface area contributed by atoms with Gasteiger partial charge in [-0.05, 0) is 12.1 Å². The summed E-state index contributed by atoms with van der Waals surface area (Å²) in [6, 6.07) is 3.88. The average molecular weight is 276 g/mol. The molecule has 20 heavy (non-hydrogen) atoms. The average Bonchev–Trinajstić information content (AvgIpc) is 2.46. The largest absolute Gasteiger partial charge is 0.508 e. The van der Waals surface area contributed by atoms with Crippen LogP contribution >= 0.6 is 0 Å². The third kappa shape index (κ3) is 2.46. The molecule has 3 saturated heterocycles. The van der Waals surface area contributed by atoms with Crippen molar-refractivity contribution in [3.05, 3.63) is 23.8 Å². The van der Waals surface area contributed by atoms with E-state index in [1.165, 1.54) is 30.1 Å². The first-order valence-corrected chi connectivity index (χ1v) is 6.86. The van der Waals surface area contributed by atoms with Crippen LogP contribution in [0.4, 0.5) is 0 Å². The lowest BCUT2D eigenvalue weighted by molar-refractivity contribution is -0.902. The second kappa shape index (κ2) is 5.13. The summed E-state index contributed by atoms with van der Waals surface area (Å²) < 4.78 is 0. The van der Waals surface area contributed by atoms with Gasteiger partial charge in [-0.2, -0.15) is 5.10 Å². The quantitative estimate of drug-likeness (QED) is 0.549. The van der Waals surface area contributed by atoms with Crippen molar-refractivity contribution in [2.24, 2.45) is 11.0 Å². The van der Waals surface area contributed by atoms with Gasteiger partial charge in [-0.25, -0.2) is 5.43 Å². The minimum absolute atomic E-state index is 0.0774. The number of amides is 1. The second-order valence-corrected chi connectivity index (χ2v) is 5.45. The number of quaternary nitrogens is 1.